The quantitative estimate of drug-likeness (QED) is 0.650. The highest BCUT2D eigenvalue weighted by molar-refractivity contribution is 6.02. The van der Waals surface area contributed by atoms with Crippen LogP contribution in [0.25, 0.3) is 0 Å². The maximum atomic E-state index is 11.2. The standard InChI is InChI=1S/C15H15N3O/c1-10-5-7-12(8-6-10)18-9-11-3-2-4-13(14(11)16)15(17)19/h2-9H,16H2,1H3,(H2,17,19). The Balaban J connectivity index is 2.31. The second-order valence-electron chi connectivity index (χ2n) is 4.27. The molecule has 0 atom stereocenters. The smallest absolute Gasteiger partial charge is 0.250 e. The Labute approximate surface area is 111 Å². The molecule has 4 heteroatoms. The first-order valence-corrected chi connectivity index (χ1v) is 5.87. The molecule has 0 heterocycles. The Kier molecular flexibility index (Phi) is 3.61. The van der Waals surface area contributed by atoms with Crippen LogP contribution in [0.4, 0.5) is 11.4 Å². The van der Waals surface area contributed by atoms with E-state index >= 15 is 0 Å². The number of carbonyl (C=O) groups is 1. The lowest BCUT2D eigenvalue weighted by Gasteiger charge is -2.04. The fourth-order valence-corrected chi connectivity index (χ4v) is 1.69. The number of anilines is 1. The van der Waals surface area contributed by atoms with Gasteiger partial charge in [-0.1, -0.05) is 29.8 Å². The van der Waals surface area contributed by atoms with Gasteiger partial charge in [0.2, 0.25) is 0 Å². The van der Waals surface area contributed by atoms with E-state index in [0.29, 0.717) is 16.8 Å². The van der Waals surface area contributed by atoms with Gasteiger partial charge in [0.05, 0.1) is 16.9 Å². The zero-order valence-electron chi connectivity index (χ0n) is 10.6. The van der Waals surface area contributed by atoms with Crippen LogP contribution in [0.1, 0.15) is 21.5 Å². The molecule has 0 radical (unpaired) electrons. The Bertz CT molecular complexity index is 630. The molecule has 2 rings (SSSR count). The summed E-state index contributed by atoms with van der Waals surface area (Å²) in [6, 6.07) is 12.9. The van der Waals surface area contributed by atoms with E-state index in [9.17, 15) is 4.79 Å². The average molecular weight is 253 g/mol. The van der Waals surface area contributed by atoms with Crippen LogP contribution >= 0.6 is 0 Å². The molecule has 2 aromatic rings. The molecule has 0 saturated carbocycles. The molecule has 96 valence electrons. The number of rotatable bonds is 3. The maximum Gasteiger partial charge on any atom is 0.250 e. The van der Waals surface area contributed by atoms with Gasteiger partial charge in [-0.05, 0) is 25.1 Å². The third kappa shape index (κ3) is 2.98. The molecule has 19 heavy (non-hydrogen) atoms. The summed E-state index contributed by atoms with van der Waals surface area (Å²) in [5.41, 5.74) is 14.5. The molecule has 0 aliphatic heterocycles. The minimum absolute atomic E-state index is 0.313. The highest BCUT2D eigenvalue weighted by atomic mass is 16.1. The topological polar surface area (TPSA) is 81.5 Å². The van der Waals surface area contributed by atoms with E-state index in [1.807, 2.05) is 31.2 Å². The third-order valence-corrected chi connectivity index (χ3v) is 2.79. The number of nitrogens with two attached hydrogens (primary N) is 2. The first-order valence-electron chi connectivity index (χ1n) is 5.87. The van der Waals surface area contributed by atoms with Crippen LogP contribution < -0.4 is 11.5 Å². The van der Waals surface area contributed by atoms with Gasteiger partial charge in [-0.25, -0.2) is 0 Å². The zero-order chi connectivity index (χ0) is 13.8. The van der Waals surface area contributed by atoms with Crippen LogP contribution in [-0.2, 0) is 0 Å². The van der Waals surface area contributed by atoms with Crippen LogP contribution in [0.2, 0.25) is 0 Å². The number of aryl methyl sites for hydroxylation is 1. The monoisotopic (exact) mass is 253 g/mol. The number of nitrogen functional groups attached to an aromatic ring is 1. The SMILES string of the molecule is Cc1ccc(N=Cc2cccc(C(N)=O)c2N)cc1. The fourth-order valence-electron chi connectivity index (χ4n) is 1.69. The Hall–Kier alpha value is -2.62. The minimum Gasteiger partial charge on any atom is -0.398 e. The third-order valence-electron chi connectivity index (χ3n) is 2.79. The van der Waals surface area contributed by atoms with Crippen LogP contribution in [-0.4, -0.2) is 12.1 Å². The van der Waals surface area contributed by atoms with Gasteiger partial charge in [0.25, 0.3) is 5.91 Å². The summed E-state index contributed by atoms with van der Waals surface area (Å²) < 4.78 is 0. The highest BCUT2D eigenvalue weighted by Crippen LogP contribution is 2.17. The summed E-state index contributed by atoms with van der Waals surface area (Å²) in [5.74, 6) is -0.539. The fraction of sp³-hybridized carbons (Fsp3) is 0.0667. The summed E-state index contributed by atoms with van der Waals surface area (Å²) in [6.07, 6.45) is 1.63. The lowest BCUT2D eigenvalue weighted by atomic mass is 10.1. The van der Waals surface area contributed by atoms with Gasteiger partial charge in [0.1, 0.15) is 0 Å². The summed E-state index contributed by atoms with van der Waals surface area (Å²) in [4.78, 5) is 15.5. The van der Waals surface area contributed by atoms with E-state index < -0.39 is 5.91 Å². The van der Waals surface area contributed by atoms with Gasteiger partial charge in [-0.15, -0.1) is 0 Å². The predicted molar refractivity (Wildman–Crippen MR) is 77.8 cm³/mol. The first kappa shape index (κ1) is 12.8. The van der Waals surface area contributed by atoms with Crippen LogP contribution in [0.15, 0.2) is 47.5 Å². The number of hydrogen-bond acceptors (Lipinski definition) is 3. The molecule has 0 unspecified atom stereocenters. The molecule has 0 aromatic heterocycles. The number of para-hydroxylation sites is 1. The van der Waals surface area contributed by atoms with Crippen molar-refractivity contribution in [2.24, 2.45) is 10.7 Å². The lowest BCUT2D eigenvalue weighted by molar-refractivity contribution is 0.100. The summed E-state index contributed by atoms with van der Waals surface area (Å²) >= 11 is 0. The highest BCUT2D eigenvalue weighted by Gasteiger charge is 2.07. The van der Waals surface area contributed by atoms with Crippen LogP contribution in [0, 0.1) is 6.92 Å². The van der Waals surface area contributed by atoms with Crippen molar-refractivity contribution < 1.29 is 4.79 Å². The number of primary amides is 1. The molecule has 0 aliphatic carbocycles. The number of carbonyl (C=O) groups excluding carboxylic acids is 1. The first-order chi connectivity index (χ1) is 9.08. The molecule has 4 N–H and O–H groups in total. The van der Waals surface area contributed by atoms with E-state index in [2.05, 4.69) is 4.99 Å². The number of nitrogens with zero attached hydrogens (tertiary/aromatic N) is 1. The van der Waals surface area contributed by atoms with E-state index in [0.717, 1.165) is 5.69 Å². The van der Waals surface area contributed by atoms with Crippen LogP contribution in [0.5, 0.6) is 0 Å². The molecule has 0 bridgehead atoms. The van der Waals surface area contributed by atoms with Crippen molar-refractivity contribution in [3.63, 3.8) is 0 Å². The number of aliphatic imine (C=N–C) groups is 1. The molecule has 0 spiro atoms. The largest absolute Gasteiger partial charge is 0.398 e. The molecular weight excluding hydrogens is 238 g/mol. The molecule has 4 nitrogen and oxygen atoms in total. The van der Waals surface area contributed by atoms with Crippen LogP contribution in [0.3, 0.4) is 0 Å². The Morgan fingerprint density at radius 1 is 1.16 bits per heavy atom. The Morgan fingerprint density at radius 2 is 1.84 bits per heavy atom. The number of benzene rings is 2. The minimum atomic E-state index is -0.539. The zero-order valence-corrected chi connectivity index (χ0v) is 10.6. The van der Waals surface area contributed by atoms with E-state index in [-0.39, 0.29) is 0 Å². The van der Waals surface area contributed by atoms with Crippen molar-refractivity contribution in [1.82, 2.24) is 0 Å². The summed E-state index contributed by atoms with van der Waals surface area (Å²) in [6.45, 7) is 2.02. The van der Waals surface area contributed by atoms with Crippen molar-refractivity contribution in [3.05, 3.63) is 59.2 Å². The predicted octanol–water partition coefficient (Wildman–Crippen LogP) is 2.43. The van der Waals surface area contributed by atoms with E-state index in [1.165, 1.54) is 5.56 Å². The van der Waals surface area contributed by atoms with Crippen molar-refractivity contribution in [2.45, 2.75) is 6.92 Å². The summed E-state index contributed by atoms with van der Waals surface area (Å²) in [7, 11) is 0. The summed E-state index contributed by atoms with van der Waals surface area (Å²) in [5, 5.41) is 0. The molecule has 0 aliphatic rings. The van der Waals surface area contributed by atoms with E-state index in [4.69, 9.17) is 11.5 Å². The van der Waals surface area contributed by atoms with Crippen molar-refractivity contribution >= 4 is 23.5 Å². The van der Waals surface area contributed by atoms with Crippen molar-refractivity contribution in [3.8, 4) is 0 Å². The molecule has 0 saturated heterocycles. The molecule has 0 fully saturated rings. The van der Waals surface area contributed by atoms with Gasteiger partial charge in [0, 0.05) is 11.8 Å². The second-order valence-corrected chi connectivity index (χ2v) is 4.27. The van der Waals surface area contributed by atoms with Gasteiger partial charge in [-0.3, -0.25) is 9.79 Å². The molecule has 1 amide bonds. The van der Waals surface area contributed by atoms with Gasteiger partial charge >= 0.3 is 0 Å². The molecule has 2 aromatic carbocycles. The Morgan fingerprint density at radius 3 is 2.47 bits per heavy atom. The normalized spacial score (nSPS) is 10.8. The average Bonchev–Trinajstić information content (AvgIpc) is 2.39. The van der Waals surface area contributed by atoms with Crippen molar-refractivity contribution in [1.29, 1.82) is 0 Å². The van der Waals surface area contributed by atoms with Gasteiger partial charge < -0.3 is 11.5 Å². The van der Waals surface area contributed by atoms with Gasteiger partial charge in [0.15, 0.2) is 0 Å². The van der Waals surface area contributed by atoms with Crippen molar-refractivity contribution in [2.75, 3.05) is 5.73 Å². The lowest BCUT2D eigenvalue weighted by Crippen LogP contribution is -2.14. The number of amides is 1. The molecular formula is C15H15N3O. The maximum absolute atomic E-state index is 11.2. The second kappa shape index (κ2) is 5.35. The van der Waals surface area contributed by atoms with E-state index in [1.54, 1.807) is 24.4 Å². The van der Waals surface area contributed by atoms with Gasteiger partial charge in [-0.2, -0.15) is 0 Å². The number of hydrogen-bond donors (Lipinski definition) is 2.